The molecule has 0 aliphatic carbocycles. The van der Waals surface area contributed by atoms with Gasteiger partial charge in [-0.3, -0.25) is 4.72 Å². The van der Waals surface area contributed by atoms with E-state index in [1.807, 2.05) is 25.1 Å². The van der Waals surface area contributed by atoms with Gasteiger partial charge in [-0.1, -0.05) is 23.8 Å². The zero-order valence-electron chi connectivity index (χ0n) is 24.0. The molecule has 3 aromatic carbocycles. The molecule has 0 radical (unpaired) electrons. The Morgan fingerprint density at radius 1 is 0.881 bits per heavy atom. The van der Waals surface area contributed by atoms with Gasteiger partial charge in [-0.25, -0.2) is 18.4 Å². The fraction of sp³-hybridized carbons (Fsp3) is 0.273. The monoisotopic (exact) mass is 580 g/mol. The number of hydrogen-bond donors (Lipinski definition) is 2. The van der Waals surface area contributed by atoms with Crippen LogP contribution >= 0.6 is 0 Å². The lowest BCUT2D eigenvalue weighted by molar-refractivity contribution is 0.208. The van der Waals surface area contributed by atoms with Crippen LogP contribution in [0.2, 0.25) is 0 Å². The van der Waals surface area contributed by atoms with Crippen molar-refractivity contribution in [2.75, 3.05) is 30.2 Å². The van der Waals surface area contributed by atoms with Crippen LogP contribution in [0.5, 0.6) is 0 Å². The number of rotatable bonds is 9. The second kappa shape index (κ2) is 12.0. The van der Waals surface area contributed by atoms with E-state index in [1.165, 1.54) is 43.3 Å². The van der Waals surface area contributed by atoms with Crippen molar-refractivity contribution in [1.82, 2.24) is 19.4 Å². The smallest absolute Gasteiger partial charge is 0.261 e. The van der Waals surface area contributed by atoms with Crippen LogP contribution in [0.4, 0.5) is 17.2 Å². The highest BCUT2D eigenvalue weighted by Gasteiger charge is 2.17. The lowest BCUT2D eigenvalue weighted by atomic mass is 9.94. The molecule has 3 heterocycles. The number of piperidine rings is 1. The van der Waals surface area contributed by atoms with Gasteiger partial charge in [-0.15, -0.1) is 0 Å². The molecule has 0 amide bonds. The summed E-state index contributed by atoms with van der Waals surface area (Å²) < 4.78 is 30.4. The van der Waals surface area contributed by atoms with E-state index >= 15 is 0 Å². The third-order valence-electron chi connectivity index (χ3n) is 8.09. The van der Waals surface area contributed by atoms with Gasteiger partial charge in [-0.2, -0.15) is 0 Å². The highest BCUT2D eigenvalue weighted by Crippen LogP contribution is 2.28. The summed E-state index contributed by atoms with van der Waals surface area (Å²) in [5.74, 6) is 1.47. The third kappa shape index (κ3) is 6.48. The fourth-order valence-corrected chi connectivity index (χ4v) is 6.57. The highest BCUT2D eigenvalue weighted by molar-refractivity contribution is 7.92. The van der Waals surface area contributed by atoms with Crippen LogP contribution < -0.4 is 10.0 Å². The Morgan fingerprint density at radius 2 is 1.62 bits per heavy atom. The van der Waals surface area contributed by atoms with Gasteiger partial charge in [0.05, 0.1) is 10.6 Å². The number of benzene rings is 3. The van der Waals surface area contributed by atoms with E-state index in [-0.39, 0.29) is 4.90 Å². The van der Waals surface area contributed by atoms with Crippen molar-refractivity contribution in [3.05, 3.63) is 97.0 Å². The molecular formula is C33H36N6O2S. The molecule has 0 spiro atoms. The summed E-state index contributed by atoms with van der Waals surface area (Å²) in [6, 6.07) is 24.4. The summed E-state index contributed by atoms with van der Waals surface area (Å²) >= 11 is 0. The Bertz CT molecular complexity index is 1770. The first-order valence-electron chi connectivity index (χ1n) is 14.4. The summed E-state index contributed by atoms with van der Waals surface area (Å²) in [5, 5.41) is 4.50. The summed E-state index contributed by atoms with van der Waals surface area (Å²) in [6.07, 6.45) is 7.56. The minimum atomic E-state index is -3.66. The second-order valence-electron chi connectivity index (χ2n) is 11.2. The van der Waals surface area contributed by atoms with Gasteiger partial charge in [0.25, 0.3) is 10.0 Å². The van der Waals surface area contributed by atoms with Crippen molar-refractivity contribution in [2.24, 2.45) is 5.92 Å². The van der Waals surface area contributed by atoms with Crippen molar-refractivity contribution in [3.8, 4) is 11.3 Å². The summed E-state index contributed by atoms with van der Waals surface area (Å²) in [7, 11) is -1.45. The average Bonchev–Trinajstić information content (AvgIpc) is 3.40. The SMILES string of the molecule is Cc1ccc(S(=O)(=O)Nc2ccc(Nc3cc(-c4ccc5c(ccn5CCC5CCN(C)CC5)c4)ncn3)cc2)cc1. The molecule has 5 aromatic rings. The number of nitrogens with zero attached hydrogens (tertiary/aromatic N) is 4. The maximum absolute atomic E-state index is 12.7. The number of nitrogens with one attached hydrogen (secondary N) is 2. The number of aryl methyl sites for hydroxylation is 2. The molecule has 9 heteroatoms. The molecule has 2 N–H and O–H groups in total. The largest absolute Gasteiger partial charge is 0.347 e. The lowest BCUT2D eigenvalue weighted by Crippen LogP contribution is -2.30. The minimum Gasteiger partial charge on any atom is -0.347 e. The predicted molar refractivity (Wildman–Crippen MR) is 170 cm³/mol. The zero-order valence-corrected chi connectivity index (χ0v) is 24.8. The third-order valence-corrected chi connectivity index (χ3v) is 9.49. The number of fused-ring (bicyclic) bond motifs is 1. The van der Waals surface area contributed by atoms with Crippen molar-refractivity contribution in [1.29, 1.82) is 0 Å². The first-order chi connectivity index (χ1) is 20.3. The Morgan fingerprint density at radius 3 is 2.38 bits per heavy atom. The van der Waals surface area contributed by atoms with Crippen LogP contribution in [0.3, 0.4) is 0 Å². The molecule has 6 rings (SSSR count). The molecule has 1 aliphatic rings. The Kier molecular flexibility index (Phi) is 7.95. The zero-order chi connectivity index (χ0) is 29.1. The molecule has 1 fully saturated rings. The Balaban J connectivity index is 1.11. The molecule has 1 saturated heterocycles. The molecule has 0 saturated carbocycles. The van der Waals surface area contributed by atoms with Gasteiger partial charge in [0.2, 0.25) is 0 Å². The molecular weight excluding hydrogens is 544 g/mol. The second-order valence-corrected chi connectivity index (χ2v) is 12.9. The van der Waals surface area contributed by atoms with Gasteiger partial charge in [0, 0.05) is 46.6 Å². The van der Waals surface area contributed by atoms with Crippen LogP contribution in [-0.4, -0.2) is 48.0 Å². The lowest BCUT2D eigenvalue weighted by Gasteiger charge is -2.29. The number of likely N-dealkylation sites (tertiary alicyclic amines) is 1. The molecule has 2 aromatic heterocycles. The quantitative estimate of drug-likeness (QED) is 0.202. The van der Waals surface area contributed by atoms with Crippen LogP contribution in [0.15, 0.2) is 96.3 Å². The standard InChI is InChI=1S/C33H36N6O2S/c1-24-3-10-30(11-4-24)42(40,41)37-29-8-6-28(7-9-29)36-33-22-31(34-23-35-33)26-5-12-32-27(21-26)16-20-39(32)19-15-25-13-17-38(2)18-14-25/h3-12,16,20-23,25,37H,13-15,17-19H2,1-2H3,(H,34,35,36). The minimum absolute atomic E-state index is 0.228. The van der Waals surface area contributed by atoms with E-state index in [1.54, 1.807) is 42.7 Å². The van der Waals surface area contributed by atoms with Gasteiger partial charge >= 0.3 is 0 Å². The van der Waals surface area contributed by atoms with Crippen LogP contribution in [0.1, 0.15) is 24.8 Å². The van der Waals surface area contributed by atoms with E-state index in [4.69, 9.17) is 0 Å². The maximum atomic E-state index is 12.7. The molecule has 8 nitrogen and oxygen atoms in total. The van der Waals surface area contributed by atoms with Crippen LogP contribution in [0.25, 0.3) is 22.2 Å². The molecule has 0 unspecified atom stereocenters. The molecule has 0 bridgehead atoms. The van der Waals surface area contributed by atoms with E-state index < -0.39 is 10.0 Å². The topological polar surface area (TPSA) is 92.2 Å². The number of hydrogen-bond acceptors (Lipinski definition) is 6. The van der Waals surface area contributed by atoms with Gasteiger partial charge in [0.1, 0.15) is 12.1 Å². The first-order valence-corrected chi connectivity index (χ1v) is 15.9. The number of aromatic nitrogens is 3. The summed E-state index contributed by atoms with van der Waals surface area (Å²) in [4.78, 5) is 11.6. The van der Waals surface area contributed by atoms with Crippen molar-refractivity contribution >= 4 is 38.1 Å². The van der Waals surface area contributed by atoms with Crippen molar-refractivity contribution < 1.29 is 8.42 Å². The van der Waals surface area contributed by atoms with E-state index in [2.05, 4.69) is 67.0 Å². The number of anilines is 3. The Hall–Kier alpha value is -4.21. The number of sulfonamides is 1. The van der Waals surface area contributed by atoms with Gasteiger partial charge in [-0.05, 0) is 107 Å². The Labute approximate surface area is 247 Å². The molecule has 1 aliphatic heterocycles. The van der Waals surface area contributed by atoms with Crippen LogP contribution in [0, 0.1) is 12.8 Å². The normalized spacial score (nSPS) is 14.7. The van der Waals surface area contributed by atoms with E-state index in [9.17, 15) is 8.42 Å². The predicted octanol–water partition coefficient (Wildman–Crippen LogP) is 6.68. The van der Waals surface area contributed by atoms with Gasteiger partial charge in [0.15, 0.2) is 0 Å². The fourth-order valence-electron chi connectivity index (χ4n) is 5.51. The molecule has 0 atom stereocenters. The van der Waals surface area contributed by atoms with E-state index in [0.717, 1.165) is 35.0 Å². The first kappa shape index (κ1) is 27.9. The van der Waals surface area contributed by atoms with Crippen molar-refractivity contribution in [3.63, 3.8) is 0 Å². The van der Waals surface area contributed by atoms with Gasteiger partial charge < -0.3 is 14.8 Å². The van der Waals surface area contributed by atoms with Crippen molar-refractivity contribution in [2.45, 2.75) is 37.6 Å². The maximum Gasteiger partial charge on any atom is 0.261 e. The van der Waals surface area contributed by atoms with Crippen LogP contribution in [-0.2, 0) is 16.6 Å². The highest BCUT2D eigenvalue weighted by atomic mass is 32.2. The molecule has 42 heavy (non-hydrogen) atoms. The summed E-state index contributed by atoms with van der Waals surface area (Å²) in [6.45, 7) is 5.38. The van der Waals surface area contributed by atoms with E-state index in [0.29, 0.717) is 11.5 Å². The summed E-state index contributed by atoms with van der Waals surface area (Å²) in [5.41, 5.74) is 5.38. The average molecular weight is 581 g/mol. The molecule has 216 valence electrons.